The lowest BCUT2D eigenvalue weighted by Gasteiger charge is -2.22. The second kappa shape index (κ2) is 12.2. The molecule has 0 atom stereocenters. The van der Waals surface area contributed by atoms with Gasteiger partial charge in [0.05, 0.1) is 22.2 Å². The molecule has 3 heterocycles. The summed E-state index contributed by atoms with van der Waals surface area (Å²) in [6, 6.07) is 50.6. The molecule has 0 radical (unpaired) electrons. The average molecular weight is 736 g/mol. The Morgan fingerprint density at radius 3 is 2.21 bits per heavy atom. The van der Waals surface area contributed by atoms with E-state index in [0.29, 0.717) is 5.82 Å². The van der Waals surface area contributed by atoms with Gasteiger partial charge in [-0.25, -0.2) is 9.97 Å². The third-order valence-corrected chi connectivity index (χ3v) is 13.1. The Kier molecular flexibility index (Phi) is 7.14. The molecular weight excluding hydrogens is 699 g/mol. The summed E-state index contributed by atoms with van der Waals surface area (Å²) in [7, 11) is 0. The molecule has 0 saturated heterocycles. The maximum Gasteiger partial charge on any atom is 0.160 e. The Balaban J connectivity index is 1.15. The summed E-state index contributed by atoms with van der Waals surface area (Å²) < 4.78 is 5.11. The van der Waals surface area contributed by atoms with Crippen LogP contribution in [-0.2, 0) is 5.41 Å². The number of fused-ring (bicyclic) bond motifs is 12. The summed E-state index contributed by atoms with van der Waals surface area (Å²) in [5, 5.41) is 8.76. The van der Waals surface area contributed by atoms with Crippen LogP contribution >= 0.6 is 11.3 Å². The molecular formula is C52H37N3S. The largest absolute Gasteiger partial charge is 0.309 e. The number of thiophene rings is 1. The predicted octanol–water partition coefficient (Wildman–Crippen LogP) is 14.4. The molecule has 11 rings (SSSR count). The molecule has 1 aliphatic carbocycles. The monoisotopic (exact) mass is 735 g/mol. The van der Waals surface area contributed by atoms with Gasteiger partial charge in [0.25, 0.3) is 0 Å². The highest BCUT2D eigenvalue weighted by atomic mass is 32.1. The highest BCUT2D eigenvalue weighted by Gasteiger charge is 2.37. The first-order chi connectivity index (χ1) is 27.5. The fourth-order valence-electron chi connectivity index (χ4n) is 9.48. The topological polar surface area (TPSA) is 30.7 Å². The average Bonchev–Trinajstić information content (AvgIpc) is 3.86. The summed E-state index contributed by atoms with van der Waals surface area (Å²) in [4.78, 5) is 10.6. The van der Waals surface area contributed by atoms with Crippen LogP contribution in [0.2, 0.25) is 0 Å². The summed E-state index contributed by atoms with van der Waals surface area (Å²) in [5.41, 5.74) is 12.4. The molecule has 0 bridgehead atoms. The SMILES string of the molecule is C=C/C=C1\C(=C/C)C(C)(C)c2cc(-c3nc(-c4cccc(-n5c6ccccc6c6c7c8ccccc8sc7c7ccccc7c65)c4)nc4ccccc34)ccc21. The van der Waals surface area contributed by atoms with Crippen molar-refractivity contribution in [2.24, 2.45) is 0 Å². The number of aromatic nitrogens is 3. The van der Waals surface area contributed by atoms with Gasteiger partial charge in [0.1, 0.15) is 0 Å². The van der Waals surface area contributed by atoms with Gasteiger partial charge in [-0.1, -0.05) is 142 Å². The van der Waals surface area contributed by atoms with Gasteiger partial charge in [-0.2, -0.15) is 0 Å². The van der Waals surface area contributed by atoms with Crippen molar-refractivity contribution in [3.63, 3.8) is 0 Å². The van der Waals surface area contributed by atoms with Crippen LogP contribution in [-0.4, -0.2) is 14.5 Å². The van der Waals surface area contributed by atoms with Crippen LogP contribution in [0.25, 0.3) is 97.6 Å². The van der Waals surface area contributed by atoms with Crippen molar-refractivity contribution in [2.75, 3.05) is 0 Å². The van der Waals surface area contributed by atoms with Crippen LogP contribution in [0.5, 0.6) is 0 Å². The molecule has 7 aromatic carbocycles. The number of nitrogens with zero attached hydrogens (tertiary/aromatic N) is 3. The zero-order valence-electron chi connectivity index (χ0n) is 31.5. The van der Waals surface area contributed by atoms with Crippen LogP contribution in [0.1, 0.15) is 31.9 Å². The molecule has 3 aromatic heterocycles. The third kappa shape index (κ3) is 4.57. The molecule has 0 N–H and O–H groups in total. The molecule has 3 nitrogen and oxygen atoms in total. The minimum atomic E-state index is -0.150. The number of hydrogen-bond acceptors (Lipinski definition) is 3. The van der Waals surface area contributed by atoms with E-state index in [0.717, 1.165) is 33.4 Å². The Labute approximate surface area is 329 Å². The highest BCUT2D eigenvalue weighted by molar-refractivity contribution is 7.27. The number of benzene rings is 7. The zero-order chi connectivity index (χ0) is 37.7. The number of hydrogen-bond donors (Lipinski definition) is 0. The van der Waals surface area contributed by atoms with Crippen LogP contribution in [0.4, 0.5) is 0 Å². The second-order valence-corrected chi connectivity index (χ2v) is 16.3. The second-order valence-electron chi connectivity index (χ2n) is 15.3. The lowest BCUT2D eigenvalue weighted by molar-refractivity contribution is 0.660. The van der Waals surface area contributed by atoms with Crippen molar-refractivity contribution in [2.45, 2.75) is 26.2 Å². The van der Waals surface area contributed by atoms with Crippen LogP contribution in [0.15, 0.2) is 170 Å². The smallest absolute Gasteiger partial charge is 0.160 e. The van der Waals surface area contributed by atoms with E-state index >= 15 is 0 Å². The summed E-state index contributed by atoms with van der Waals surface area (Å²) in [6.07, 6.45) is 6.27. The van der Waals surface area contributed by atoms with Gasteiger partial charge >= 0.3 is 0 Å². The van der Waals surface area contributed by atoms with E-state index in [1.165, 1.54) is 75.0 Å². The van der Waals surface area contributed by atoms with Gasteiger partial charge in [0.15, 0.2) is 5.82 Å². The molecule has 1 aliphatic rings. The van der Waals surface area contributed by atoms with E-state index in [9.17, 15) is 0 Å². The predicted molar refractivity (Wildman–Crippen MR) is 240 cm³/mol. The van der Waals surface area contributed by atoms with E-state index in [4.69, 9.17) is 9.97 Å². The Morgan fingerprint density at radius 1 is 0.661 bits per heavy atom. The van der Waals surface area contributed by atoms with Crippen molar-refractivity contribution in [3.05, 3.63) is 181 Å². The minimum Gasteiger partial charge on any atom is -0.309 e. The van der Waals surface area contributed by atoms with Crippen molar-refractivity contribution >= 4 is 80.6 Å². The van der Waals surface area contributed by atoms with Crippen molar-refractivity contribution in [3.8, 4) is 28.3 Å². The normalized spacial score (nSPS) is 15.3. The minimum absolute atomic E-state index is 0.150. The molecule has 0 aliphatic heterocycles. The van der Waals surface area contributed by atoms with Crippen molar-refractivity contribution in [1.82, 2.24) is 14.5 Å². The van der Waals surface area contributed by atoms with Gasteiger partial charge in [-0.05, 0) is 65.6 Å². The molecule has 56 heavy (non-hydrogen) atoms. The highest BCUT2D eigenvalue weighted by Crippen LogP contribution is 2.51. The first-order valence-electron chi connectivity index (χ1n) is 19.2. The maximum absolute atomic E-state index is 5.41. The molecule has 0 amide bonds. The number of allylic oxidation sites excluding steroid dienone is 5. The van der Waals surface area contributed by atoms with Crippen LogP contribution in [0, 0.1) is 0 Å². The first kappa shape index (κ1) is 32.8. The van der Waals surface area contributed by atoms with Gasteiger partial charge in [0.2, 0.25) is 0 Å². The van der Waals surface area contributed by atoms with Gasteiger partial charge in [0, 0.05) is 69.3 Å². The Hall–Kier alpha value is -6.62. The van der Waals surface area contributed by atoms with E-state index in [1.807, 2.05) is 17.4 Å². The molecule has 0 saturated carbocycles. The molecule has 266 valence electrons. The fraction of sp³-hybridized carbons (Fsp3) is 0.0769. The molecule has 0 unspecified atom stereocenters. The van der Waals surface area contributed by atoms with Gasteiger partial charge in [-0.3, -0.25) is 0 Å². The fourth-order valence-corrected chi connectivity index (χ4v) is 10.7. The molecule has 10 aromatic rings. The lowest BCUT2D eigenvalue weighted by Crippen LogP contribution is -2.15. The van der Waals surface area contributed by atoms with E-state index in [-0.39, 0.29) is 5.41 Å². The summed E-state index contributed by atoms with van der Waals surface area (Å²) in [5.74, 6) is 0.707. The quantitative estimate of drug-likeness (QED) is 0.180. The van der Waals surface area contributed by atoms with E-state index in [1.54, 1.807) is 0 Å². The number of para-hydroxylation sites is 2. The van der Waals surface area contributed by atoms with Gasteiger partial charge < -0.3 is 4.57 Å². The summed E-state index contributed by atoms with van der Waals surface area (Å²) >= 11 is 1.89. The third-order valence-electron chi connectivity index (χ3n) is 11.9. The molecule has 0 fully saturated rings. The van der Waals surface area contributed by atoms with Crippen LogP contribution in [0.3, 0.4) is 0 Å². The molecule has 4 heteroatoms. The van der Waals surface area contributed by atoms with Crippen molar-refractivity contribution < 1.29 is 0 Å². The first-order valence-corrected chi connectivity index (χ1v) is 20.1. The van der Waals surface area contributed by atoms with Gasteiger partial charge in [-0.15, -0.1) is 11.3 Å². The molecule has 0 spiro atoms. The maximum atomic E-state index is 5.41. The van der Waals surface area contributed by atoms with Crippen LogP contribution < -0.4 is 0 Å². The standard InChI is InChI=1S/C52H37N3S/c1-5-16-34-35-28-27-31(30-42(35)52(3,4)41(34)6-2)48-38-21-9-12-24-43(38)53-51(54-48)32-17-15-18-33(29-32)55-44-25-13-10-22-39(44)46-47-40-23-11-14-26-45(40)56-50(47)37-20-8-7-19-36(37)49(46)55/h5-30H,1H2,2-4H3/b34-16-,41-6+. The zero-order valence-corrected chi connectivity index (χ0v) is 32.3. The van der Waals surface area contributed by atoms with Crippen molar-refractivity contribution in [1.29, 1.82) is 0 Å². The Morgan fingerprint density at radius 2 is 1.39 bits per heavy atom. The van der Waals surface area contributed by atoms with E-state index < -0.39 is 0 Å². The number of rotatable bonds is 4. The summed E-state index contributed by atoms with van der Waals surface area (Å²) in [6.45, 7) is 10.8. The Bertz CT molecular complexity index is 3370. The van der Waals surface area contributed by atoms with E-state index in [2.05, 4.69) is 184 Å². The lowest BCUT2D eigenvalue weighted by atomic mass is 9.81.